The van der Waals surface area contributed by atoms with E-state index in [-0.39, 0.29) is 0 Å². The van der Waals surface area contributed by atoms with E-state index in [1.807, 2.05) is 12.1 Å². The van der Waals surface area contributed by atoms with Gasteiger partial charge in [-0.3, -0.25) is 0 Å². The third kappa shape index (κ3) is 8.15. The molecule has 0 N–H and O–H groups in total. The molecule has 2 fully saturated rings. The highest BCUT2D eigenvalue weighted by Gasteiger charge is 2.25. The smallest absolute Gasteiger partial charge is 0.0406 e. The number of rotatable bonds is 11. The molecule has 0 nitrogen and oxygen atoms in total. The first kappa shape index (κ1) is 25.8. The zero-order chi connectivity index (χ0) is 23.6. The molecule has 2 saturated carbocycles. The number of aryl methyl sites for hydroxylation is 2. The molecule has 0 aromatic heterocycles. The van der Waals surface area contributed by atoms with Crippen molar-refractivity contribution in [3.8, 4) is 0 Å². The third-order valence-corrected chi connectivity index (χ3v) is 9.33. The van der Waals surface area contributed by atoms with E-state index in [0.717, 1.165) is 41.5 Å². The van der Waals surface area contributed by atoms with Crippen molar-refractivity contribution < 1.29 is 0 Å². The Labute approximate surface area is 214 Å². The van der Waals surface area contributed by atoms with Crippen LogP contribution in [-0.2, 0) is 12.8 Å². The van der Waals surface area contributed by atoms with Gasteiger partial charge in [-0.05, 0) is 91.0 Å². The van der Waals surface area contributed by atoms with Crippen LogP contribution in [-0.4, -0.2) is 0 Å². The van der Waals surface area contributed by atoms with Crippen molar-refractivity contribution in [1.82, 2.24) is 0 Å². The molecule has 2 aliphatic rings. The summed E-state index contributed by atoms with van der Waals surface area (Å²) in [5, 5.41) is 0.822. The summed E-state index contributed by atoms with van der Waals surface area (Å²) in [5.74, 6) is 3.89. The van der Waals surface area contributed by atoms with Crippen LogP contribution in [0.15, 0.2) is 48.5 Å². The van der Waals surface area contributed by atoms with Crippen molar-refractivity contribution >= 4 is 11.6 Å². The Balaban J connectivity index is 1.12. The Hall–Kier alpha value is -1.27. The molecule has 186 valence electrons. The molecular weight excluding hydrogens is 432 g/mol. The van der Waals surface area contributed by atoms with Crippen LogP contribution in [0.2, 0.25) is 5.02 Å². The SMILES string of the molecule is CCCCC[C@H]1CC[C@H](CC[C@H]2CC[C@H](c3ccc(CCc4ccc(Cl)cc4)cc3)CC2)CC1. The van der Waals surface area contributed by atoms with Crippen molar-refractivity contribution in [2.75, 3.05) is 0 Å². The summed E-state index contributed by atoms with van der Waals surface area (Å²) >= 11 is 6.00. The van der Waals surface area contributed by atoms with Crippen LogP contribution in [0.4, 0.5) is 0 Å². The maximum Gasteiger partial charge on any atom is 0.0406 e. The summed E-state index contributed by atoms with van der Waals surface area (Å²) in [5.41, 5.74) is 4.40. The fourth-order valence-corrected chi connectivity index (χ4v) is 6.77. The van der Waals surface area contributed by atoms with Gasteiger partial charge in [-0.2, -0.15) is 0 Å². The second-order valence-corrected chi connectivity index (χ2v) is 12.0. The summed E-state index contributed by atoms with van der Waals surface area (Å²) in [4.78, 5) is 0. The van der Waals surface area contributed by atoms with Crippen LogP contribution in [0.25, 0.3) is 0 Å². The fraction of sp³-hybridized carbons (Fsp3) is 0.636. The molecule has 0 atom stereocenters. The second kappa shape index (κ2) is 13.7. The molecule has 2 aromatic carbocycles. The third-order valence-electron chi connectivity index (χ3n) is 9.08. The van der Waals surface area contributed by atoms with Gasteiger partial charge in [-0.15, -0.1) is 0 Å². The Morgan fingerprint density at radius 1 is 0.588 bits per heavy atom. The first-order chi connectivity index (χ1) is 16.7. The molecule has 0 heterocycles. The molecule has 0 radical (unpaired) electrons. The van der Waals surface area contributed by atoms with E-state index in [1.54, 1.807) is 5.56 Å². The minimum Gasteiger partial charge on any atom is -0.0843 e. The summed E-state index contributed by atoms with van der Waals surface area (Å²) in [7, 11) is 0. The van der Waals surface area contributed by atoms with Gasteiger partial charge in [0, 0.05) is 5.02 Å². The van der Waals surface area contributed by atoms with Crippen LogP contribution >= 0.6 is 11.6 Å². The largest absolute Gasteiger partial charge is 0.0843 e. The topological polar surface area (TPSA) is 0 Å². The van der Waals surface area contributed by atoms with E-state index < -0.39 is 0 Å². The predicted octanol–water partition coefficient (Wildman–Crippen LogP) is 10.6. The normalized spacial score (nSPS) is 25.4. The van der Waals surface area contributed by atoms with Crippen molar-refractivity contribution in [1.29, 1.82) is 0 Å². The quantitative estimate of drug-likeness (QED) is 0.281. The van der Waals surface area contributed by atoms with Crippen LogP contribution < -0.4 is 0 Å². The minimum absolute atomic E-state index is 0.792. The highest BCUT2D eigenvalue weighted by Crippen LogP contribution is 2.40. The Kier molecular flexibility index (Phi) is 10.4. The lowest BCUT2D eigenvalue weighted by Gasteiger charge is -2.32. The molecule has 0 spiro atoms. The predicted molar refractivity (Wildman–Crippen MR) is 149 cm³/mol. The lowest BCUT2D eigenvalue weighted by atomic mass is 9.74. The van der Waals surface area contributed by atoms with Crippen molar-refractivity contribution in [3.63, 3.8) is 0 Å². The molecule has 34 heavy (non-hydrogen) atoms. The van der Waals surface area contributed by atoms with Gasteiger partial charge in [0.25, 0.3) is 0 Å². The van der Waals surface area contributed by atoms with E-state index in [4.69, 9.17) is 11.6 Å². The van der Waals surface area contributed by atoms with Gasteiger partial charge in [0.15, 0.2) is 0 Å². The van der Waals surface area contributed by atoms with Gasteiger partial charge in [0.1, 0.15) is 0 Å². The second-order valence-electron chi connectivity index (χ2n) is 11.5. The van der Waals surface area contributed by atoms with Gasteiger partial charge >= 0.3 is 0 Å². The first-order valence-corrected chi connectivity index (χ1v) is 14.9. The summed E-state index contributed by atoms with van der Waals surface area (Å²) in [6, 6.07) is 17.9. The maximum atomic E-state index is 6.00. The molecule has 0 amide bonds. The van der Waals surface area contributed by atoms with Gasteiger partial charge in [-0.1, -0.05) is 119 Å². The average molecular weight is 479 g/mol. The summed E-state index contributed by atoms with van der Waals surface area (Å²) in [6.45, 7) is 2.33. The van der Waals surface area contributed by atoms with Crippen LogP contribution in [0, 0.1) is 17.8 Å². The molecule has 4 rings (SSSR count). The van der Waals surface area contributed by atoms with E-state index in [0.29, 0.717) is 0 Å². The number of hydrogen-bond acceptors (Lipinski definition) is 0. The maximum absolute atomic E-state index is 6.00. The minimum atomic E-state index is 0.792. The van der Waals surface area contributed by atoms with Crippen LogP contribution in [0.3, 0.4) is 0 Å². The van der Waals surface area contributed by atoms with Crippen molar-refractivity contribution in [2.24, 2.45) is 17.8 Å². The summed E-state index contributed by atoms with van der Waals surface area (Å²) in [6.07, 6.45) is 22.8. The molecule has 0 saturated heterocycles. The van der Waals surface area contributed by atoms with Crippen molar-refractivity contribution in [3.05, 3.63) is 70.2 Å². The van der Waals surface area contributed by atoms with Gasteiger partial charge < -0.3 is 0 Å². The van der Waals surface area contributed by atoms with E-state index in [1.165, 1.54) is 101 Å². The highest BCUT2D eigenvalue weighted by atomic mass is 35.5. The fourth-order valence-electron chi connectivity index (χ4n) is 6.64. The number of unbranched alkanes of at least 4 members (excludes halogenated alkanes) is 2. The van der Waals surface area contributed by atoms with Gasteiger partial charge in [0.05, 0.1) is 0 Å². The van der Waals surface area contributed by atoms with E-state index in [2.05, 4.69) is 43.3 Å². The Bertz CT molecular complexity index is 805. The number of hydrogen-bond donors (Lipinski definition) is 0. The molecule has 0 bridgehead atoms. The molecule has 2 aromatic rings. The van der Waals surface area contributed by atoms with E-state index >= 15 is 0 Å². The monoisotopic (exact) mass is 478 g/mol. The molecule has 1 heteroatoms. The Morgan fingerprint density at radius 3 is 1.59 bits per heavy atom. The van der Waals surface area contributed by atoms with Crippen molar-refractivity contribution in [2.45, 2.75) is 116 Å². The highest BCUT2D eigenvalue weighted by molar-refractivity contribution is 6.30. The Morgan fingerprint density at radius 2 is 1.06 bits per heavy atom. The number of benzene rings is 2. The lowest BCUT2D eigenvalue weighted by Crippen LogP contribution is -2.17. The molecule has 2 aliphatic carbocycles. The van der Waals surface area contributed by atoms with Crippen LogP contribution in [0.1, 0.15) is 119 Å². The molecule has 0 unspecified atom stereocenters. The molecule has 0 aliphatic heterocycles. The van der Waals surface area contributed by atoms with Gasteiger partial charge in [-0.25, -0.2) is 0 Å². The molecular formula is C33H47Cl. The lowest BCUT2D eigenvalue weighted by molar-refractivity contribution is 0.222. The first-order valence-electron chi connectivity index (χ1n) is 14.5. The summed E-state index contributed by atoms with van der Waals surface area (Å²) < 4.78 is 0. The number of halogens is 1. The average Bonchev–Trinajstić information content (AvgIpc) is 2.89. The zero-order valence-corrected chi connectivity index (χ0v) is 22.4. The van der Waals surface area contributed by atoms with Crippen LogP contribution in [0.5, 0.6) is 0 Å². The van der Waals surface area contributed by atoms with E-state index in [9.17, 15) is 0 Å². The van der Waals surface area contributed by atoms with Gasteiger partial charge in [0.2, 0.25) is 0 Å². The zero-order valence-electron chi connectivity index (χ0n) is 21.6. The standard InChI is InChI=1S/C33H47Cl/c1-2-3-4-5-26-6-8-27(9-7-26)10-11-28-14-20-31(21-15-28)32-22-16-29(17-23-32)12-13-30-18-24-33(34)25-19-30/h16-19,22-28,31H,2-15,20-21H2,1H3/t26-,27-,28-,31-.